The topological polar surface area (TPSA) is 33.6 Å². The number of alkyl halides is 1. The standard InChI is InChI=1S/C5H8FN3S/c1-4-7-8-5(10)9(4)3-2-6/h2-3H2,1H3,(H,8,10). The molecule has 1 rings (SSSR count). The Morgan fingerprint density at radius 3 is 2.90 bits per heavy atom. The van der Waals surface area contributed by atoms with Crippen LogP contribution in [0.3, 0.4) is 0 Å². The number of aromatic nitrogens is 3. The Balaban J connectivity index is 2.99. The molecular weight excluding hydrogens is 153 g/mol. The third kappa shape index (κ3) is 1.23. The lowest BCUT2D eigenvalue weighted by molar-refractivity contribution is 0.439. The summed E-state index contributed by atoms with van der Waals surface area (Å²) in [6, 6.07) is 0. The van der Waals surface area contributed by atoms with Crippen LogP contribution in [-0.4, -0.2) is 21.4 Å². The Bertz CT molecular complexity index is 264. The van der Waals surface area contributed by atoms with Gasteiger partial charge in [0.2, 0.25) is 0 Å². The van der Waals surface area contributed by atoms with E-state index in [4.69, 9.17) is 12.2 Å². The fourth-order valence-electron chi connectivity index (χ4n) is 0.744. The van der Waals surface area contributed by atoms with E-state index in [2.05, 4.69) is 10.2 Å². The summed E-state index contributed by atoms with van der Waals surface area (Å²) in [4.78, 5) is 0. The Labute approximate surface area is 62.9 Å². The first kappa shape index (κ1) is 7.40. The monoisotopic (exact) mass is 161 g/mol. The summed E-state index contributed by atoms with van der Waals surface area (Å²) >= 11 is 4.82. The number of nitrogens with zero attached hydrogens (tertiary/aromatic N) is 2. The maximum Gasteiger partial charge on any atom is 0.195 e. The highest BCUT2D eigenvalue weighted by Gasteiger charge is 1.97. The highest BCUT2D eigenvalue weighted by Crippen LogP contribution is 1.94. The smallest absolute Gasteiger partial charge is 0.195 e. The summed E-state index contributed by atoms with van der Waals surface area (Å²) in [5.41, 5.74) is 0. The van der Waals surface area contributed by atoms with Gasteiger partial charge in [-0.2, -0.15) is 5.10 Å². The van der Waals surface area contributed by atoms with Gasteiger partial charge in [0.05, 0.1) is 6.54 Å². The Hall–Kier alpha value is -0.710. The minimum atomic E-state index is -0.408. The van der Waals surface area contributed by atoms with E-state index in [1.165, 1.54) is 0 Å². The first-order valence-corrected chi connectivity index (χ1v) is 3.34. The molecule has 0 bridgehead atoms. The number of hydrogen-bond acceptors (Lipinski definition) is 2. The predicted octanol–water partition coefficient (Wildman–Crippen LogP) is 1.22. The molecular formula is C5H8FN3S. The molecule has 1 heterocycles. The van der Waals surface area contributed by atoms with Gasteiger partial charge in [0.1, 0.15) is 12.5 Å². The van der Waals surface area contributed by atoms with E-state index in [9.17, 15) is 4.39 Å². The Kier molecular flexibility index (Phi) is 2.16. The zero-order valence-corrected chi connectivity index (χ0v) is 6.41. The van der Waals surface area contributed by atoms with Crippen molar-refractivity contribution in [2.45, 2.75) is 13.5 Å². The number of aryl methyl sites for hydroxylation is 1. The van der Waals surface area contributed by atoms with Crippen LogP contribution in [0.4, 0.5) is 4.39 Å². The van der Waals surface area contributed by atoms with E-state index in [1.807, 2.05) is 0 Å². The highest BCUT2D eigenvalue weighted by molar-refractivity contribution is 7.71. The maximum absolute atomic E-state index is 11.8. The van der Waals surface area contributed by atoms with Crippen LogP contribution in [0.1, 0.15) is 5.82 Å². The van der Waals surface area contributed by atoms with Crippen LogP contribution in [-0.2, 0) is 6.54 Å². The van der Waals surface area contributed by atoms with Crippen molar-refractivity contribution in [3.05, 3.63) is 10.6 Å². The van der Waals surface area contributed by atoms with Gasteiger partial charge in [-0.3, -0.25) is 5.10 Å². The second-order valence-corrected chi connectivity index (χ2v) is 2.30. The largest absolute Gasteiger partial charge is 0.302 e. The molecule has 1 N–H and O–H groups in total. The molecule has 0 radical (unpaired) electrons. The summed E-state index contributed by atoms with van der Waals surface area (Å²) in [6.07, 6.45) is 0. The summed E-state index contributed by atoms with van der Waals surface area (Å²) in [7, 11) is 0. The van der Waals surface area contributed by atoms with Crippen LogP contribution < -0.4 is 0 Å². The third-order valence-electron chi connectivity index (χ3n) is 1.26. The van der Waals surface area contributed by atoms with E-state index < -0.39 is 6.67 Å². The summed E-state index contributed by atoms with van der Waals surface area (Å²) in [5.74, 6) is 0.725. The lowest BCUT2D eigenvalue weighted by atomic mass is 10.6. The number of halogens is 1. The van der Waals surface area contributed by atoms with Crippen molar-refractivity contribution < 1.29 is 4.39 Å². The van der Waals surface area contributed by atoms with E-state index >= 15 is 0 Å². The van der Waals surface area contributed by atoms with E-state index in [1.54, 1.807) is 11.5 Å². The van der Waals surface area contributed by atoms with Gasteiger partial charge < -0.3 is 4.57 Å². The van der Waals surface area contributed by atoms with Crippen LogP contribution in [0.5, 0.6) is 0 Å². The molecule has 0 saturated heterocycles. The molecule has 56 valence electrons. The molecule has 1 aromatic heterocycles. The molecule has 0 spiro atoms. The molecule has 0 aliphatic rings. The fraction of sp³-hybridized carbons (Fsp3) is 0.600. The molecule has 0 unspecified atom stereocenters. The zero-order valence-electron chi connectivity index (χ0n) is 5.59. The van der Waals surface area contributed by atoms with Crippen molar-refractivity contribution in [3.63, 3.8) is 0 Å². The molecule has 3 nitrogen and oxygen atoms in total. The van der Waals surface area contributed by atoms with Gasteiger partial charge >= 0.3 is 0 Å². The van der Waals surface area contributed by atoms with Crippen LogP contribution in [0.25, 0.3) is 0 Å². The molecule has 0 aliphatic carbocycles. The summed E-state index contributed by atoms with van der Waals surface area (Å²) < 4.78 is 13.9. The van der Waals surface area contributed by atoms with Crippen molar-refractivity contribution in [2.75, 3.05) is 6.67 Å². The quantitative estimate of drug-likeness (QED) is 0.661. The molecule has 0 atom stereocenters. The highest BCUT2D eigenvalue weighted by atomic mass is 32.1. The van der Waals surface area contributed by atoms with Gasteiger partial charge in [0, 0.05) is 0 Å². The van der Waals surface area contributed by atoms with Crippen molar-refractivity contribution >= 4 is 12.2 Å². The van der Waals surface area contributed by atoms with E-state index in [0.717, 1.165) is 5.82 Å². The first-order chi connectivity index (χ1) is 4.75. The average molecular weight is 161 g/mol. The second kappa shape index (κ2) is 2.92. The normalized spacial score (nSPS) is 10.2. The number of hydrogen-bond donors (Lipinski definition) is 1. The average Bonchev–Trinajstić information content (AvgIpc) is 2.20. The van der Waals surface area contributed by atoms with Crippen molar-refractivity contribution in [2.24, 2.45) is 0 Å². The second-order valence-electron chi connectivity index (χ2n) is 1.92. The van der Waals surface area contributed by atoms with Crippen LogP contribution in [0.2, 0.25) is 0 Å². The van der Waals surface area contributed by atoms with Gasteiger partial charge in [0.15, 0.2) is 4.77 Å². The fourth-order valence-corrected chi connectivity index (χ4v) is 1.01. The number of H-pyrrole nitrogens is 1. The molecule has 10 heavy (non-hydrogen) atoms. The lowest BCUT2D eigenvalue weighted by Gasteiger charge is -1.96. The van der Waals surface area contributed by atoms with Crippen molar-refractivity contribution in [1.82, 2.24) is 14.8 Å². The van der Waals surface area contributed by atoms with E-state index in [-0.39, 0.29) is 0 Å². The molecule has 0 saturated carbocycles. The predicted molar refractivity (Wildman–Crippen MR) is 38.1 cm³/mol. The summed E-state index contributed by atoms with van der Waals surface area (Å²) in [6.45, 7) is 1.66. The molecule has 0 fully saturated rings. The van der Waals surface area contributed by atoms with Crippen LogP contribution in [0, 0.1) is 11.7 Å². The number of rotatable bonds is 2. The molecule has 1 aromatic rings. The van der Waals surface area contributed by atoms with Gasteiger partial charge in [-0.15, -0.1) is 0 Å². The van der Waals surface area contributed by atoms with Gasteiger partial charge in [-0.05, 0) is 19.1 Å². The Morgan fingerprint density at radius 1 is 1.80 bits per heavy atom. The van der Waals surface area contributed by atoms with Crippen molar-refractivity contribution in [3.8, 4) is 0 Å². The van der Waals surface area contributed by atoms with E-state index in [0.29, 0.717) is 11.3 Å². The lowest BCUT2D eigenvalue weighted by Crippen LogP contribution is -2.01. The Morgan fingerprint density at radius 2 is 2.50 bits per heavy atom. The van der Waals surface area contributed by atoms with Crippen LogP contribution >= 0.6 is 12.2 Å². The third-order valence-corrected chi connectivity index (χ3v) is 1.57. The molecule has 0 amide bonds. The summed E-state index contributed by atoms with van der Waals surface area (Å²) in [5, 5.41) is 6.38. The molecule has 0 aromatic carbocycles. The maximum atomic E-state index is 11.8. The minimum absolute atomic E-state index is 0.293. The molecule has 0 aliphatic heterocycles. The first-order valence-electron chi connectivity index (χ1n) is 2.93. The molecule has 5 heteroatoms. The zero-order chi connectivity index (χ0) is 7.56. The van der Waals surface area contributed by atoms with Gasteiger partial charge in [0.25, 0.3) is 0 Å². The van der Waals surface area contributed by atoms with Gasteiger partial charge in [-0.25, -0.2) is 4.39 Å². The number of aromatic amines is 1. The minimum Gasteiger partial charge on any atom is -0.302 e. The van der Waals surface area contributed by atoms with Crippen LogP contribution in [0.15, 0.2) is 0 Å². The number of nitrogens with one attached hydrogen (secondary N) is 1. The van der Waals surface area contributed by atoms with Gasteiger partial charge in [-0.1, -0.05) is 0 Å². The van der Waals surface area contributed by atoms with Crippen molar-refractivity contribution in [1.29, 1.82) is 0 Å². The SMILES string of the molecule is Cc1n[nH]c(=S)n1CCF.